The lowest BCUT2D eigenvalue weighted by Gasteiger charge is -2.11. The average molecular weight is 258 g/mol. The Morgan fingerprint density at radius 3 is 2.76 bits per heavy atom. The fourth-order valence-corrected chi connectivity index (χ4v) is 1.60. The number of aromatic nitrogens is 2. The Balaban J connectivity index is 2.70. The second kappa shape index (κ2) is 6.64. The van der Waals surface area contributed by atoms with Crippen molar-refractivity contribution in [3.05, 3.63) is 22.7 Å². The molecule has 0 aliphatic rings. The standard InChI is InChI=1S/C12H20ClN3O/c1-9(2)8-16-7-6-15-11(12(16)17)14-5-4-10(3)13/h6-7,9-10H,4-5,8H2,1-3H3,(H,14,15). The molecule has 1 rings (SSSR count). The SMILES string of the molecule is CC(C)Cn1ccnc(NCCC(C)Cl)c1=O. The van der Waals surface area contributed by atoms with Crippen molar-refractivity contribution >= 4 is 17.4 Å². The fourth-order valence-electron chi connectivity index (χ4n) is 1.50. The summed E-state index contributed by atoms with van der Waals surface area (Å²) in [5.41, 5.74) is -0.0663. The van der Waals surface area contributed by atoms with Crippen LogP contribution in [0.1, 0.15) is 27.2 Å². The van der Waals surface area contributed by atoms with Gasteiger partial charge >= 0.3 is 0 Å². The molecular weight excluding hydrogens is 238 g/mol. The summed E-state index contributed by atoms with van der Waals surface area (Å²) < 4.78 is 1.68. The minimum absolute atomic E-state index is 0.0663. The molecule has 0 amide bonds. The van der Waals surface area contributed by atoms with Gasteiger partial charge in [0.15, 0.2) is 5.82 Å². The molecule has 0 saturated heterocycles. The zero-order valence-electron chi connectivity index (χ0n) is 10.6. The van der Waals surface area contributed by atoms with Crippen molar-refractivity contribution in [3.8, 4) is 0 Å². The van der Waals surface area contributed by atoms with Gasteiger partial charge in [-0.3, -0.25) is 4.79 Å². The first-order chi connectivity index (χ1) is 8.00. The Morgan fingerprint density at radius 1 is 1.47 bits per heavy atom. The van der Waals surface area contributed by atoms with Crippen LogP contribution in [0.4, 0.5) is 5.82 Å². The van der Waals surface area contributed by atoms with E-state index in [2.05, 4.69) is 24.1 Å². The summed E-state index contributed by atoms with van der Waals surface area (Å²) in [6.07, 6.45) is 4.18. The predicted octanol–water partition coefficient (Wildman–Crippen LogP) is 2.33. The van der Waals surface area contributed by atoms with Gasteiger partial charge in [0.1, 0.15) is 0 Å². The van der Waals surface area contributed by atoms with E-state index >= 15 is 0 Å². The van der Waals surface area contributed by atoms with Gasteiger partial charge in [0.25, 0.3) is 5.56 Å². The van der Waals surface area contributed by atoms with Crippen molar-refractivity contribution in [1.29, 1.82) is 0 Å². The molecule has 17 heavy (non-hydrogen) atoms. The summed E-state index contributed by atoms with van der Waals surface area (Å²) in [4.78, 5) is 16.0. The maximum atomic E-state index is 12.0. The van der Waals surface area contributed by atoms with Crippen LogP contribution in [-0.2, 0) is 6.54 Å². The third-order valence-electron chi connectivity index (χ3n) is 2.31. The molecule has 1 atom stereocenters. The van der Waals surface area contributed by atoms with Crippen molar-refractivity contribution in [3.63, 3.8) is 0 Å². The average Bonchev–Trinajstić information content (AvgIpc) is 2.22. The van der Waals surface area contributed by atoms with E-state index in [1.807, 2.05) is 6.92 Å². The number of nitrogens with zero attached hydrogens (tertiary/aromatic N) is 2. The van der Waals surface area contributed by atoms with Crippen LogP contribution in [0.2, 0.25) is 0 Å². The number of halogens is 1. The lowest BCUT2D eigenvalue weighted by Crippen LogP contribution is -2.26. The van der Waals surface area contributed by atoms with Crippen LogP contribution < -0.4 is 10.9 Å². The highest BCUT2D eigenvalue weighted by Crippen LogP contribution is 2.02. The molecule has 0 aliphatic heterocycles. The third-order valence-corrected chi connectivity index (χ3v) is 2.53. The van der Waals surface area contributed by atoms with Crippen molar-refractivity contribution < 1.29 is 0 Å². The monoisotopic (exact) mass is 257 g/mol. The van der Waals surface area contributed by atoms with Crippen molar-refractivity contribution in [2.45, 2.75) is 39.1 Å². The number of anilines is 1. The van der Waals surface area contributed by atoms with E-state index in [9.17, 15) is 4.79 Å². The summed E-state index contributed by atoms with van der Waals surface area (Å²) in [5, 5.41) is 3.13. The molecule has 0 saturated carbocycles. The summed E-state index contributed by atoms with van der Waals surface area (Å²) in [5.74, 6) is 0.844. The van der Waals surface area contributed by atoms with Crippen LogP contribution in [0.5, 0.6) is 0 Å². The molecule has 0 bridgehead atoms. The largest absolute Gasteiger partial charge is 0.365 e. The van der Waals surface area contributed by atoms with Gasteiger partial charge in [-0.05, 0) is 19.3 Å². The molecule has 1 N–H and O–H groups in total. The van der Waals surface area contributed by atoms with Gasteiger partial charge in [0, 0.05) is 30.9 Å². The molecule has 4 nitrogen and oxygen atoms in total. The molecule has 1 aromatic rings. The smallest absolute Gasteiger partial charge is 0.293 e. The maximum Gasteiger partial charge on any atom is 0.293 e. The zero-order chi connectivity index (χ0) is 12.8. The van der Waals surface area contributed by atoms with E-state index in [-0.39, 0.29) is 10.9 Å². The van der Waals surface area contributed by atoms with Gasteiger partial charge in [-0.15, -0.1) is 11.6 Å². The second-order valence-electron chi connectivity index (χ2n) is 4.62. The van der Waals surface area contributed by atoms with Crippen LogP contribution in [-0.4, -0.2) is 21.5 Å². The zero-order valence-corrected chi connectivity index (χ0v) is 11.4. The fraction of sp³-hybridized carbons (Fsp3) is 0.667. The first-order valence-electron chi connectivity index (χ1n) is 5.94. The van der Waals surface area contributed by atoms with Crippen LogP contribution in [0.25, 0.3) is 0 Å². The highest BCUT2D eigenvalue weighted by molar-refractivity contribution is 6.20. The summed E-state index contributed by atoms with van der Waals surface area (Å²) in [7, 11) is 0. The number of hydrogen-bond donors (Lipinski definition) is 1. The van der Waals surface area contributed by atoms with E-state index in [4.69, 9.17) is 11.6 Å². The molecule has 5 heteroatoms. The van der Waals surface area contributed by atoms with Gasteiger partial charge in [-0.2, -0.15) is 0 Å². The van der Waals surface area contributed by atoms with Gasteiger partial charge < -0.3 is 9.88 Å². The Hall–Kier alpha value is -1.03. The van der Waals surface area contributed by atoms with Crippen LogP contribution in [0.15, 0.2) is 17.2 Å². The highest BCUT2D eigenvalue weighted by atomic mass is 35.5. The summed E-state index contributed by atoms with van der Waals surface area (Å²) in [6, 6.07) is 0. The number of hydrogen-bond acceptors (Lipinski definition) is 3. The molecular formula is C12H20ClN3O. The first-order valence-corrected chi connectivity index (χ1v) is 6.37. The Morgan fingerprint density at radius 2 is 2.18 bits per heavy atom. The van der Waals surface area contributed by atoms with Crippen LogP contribution >= 0.6 is 11.6 Å². The summed E-state index contributed by atoms with van der Waals surface area (Å²) in [6.45, 7) is 7.46. The molecule has 96 valence electrons. The Bertz CT molecular complexity index is 401. The normalized spacial score (nSPS) is 12.8. The van der Waals surface area contributed by atoms with E-state index in [0.29, 0.717) is 24.8 Å². The van der Waals surface area contributed by atoms with Crippen molar-refractivity contribution in [2.24, 2.45) is 5.92 Å². The minimum atomic E-state index is -0.0663. The van der Waals surface area contributed by atoms with Gasteiger partial charge in [-0.1, -0.05) is 13.8 Å². The van der Waals surface area contributed by atoms with E-state index < -0.39 is 0 Å². The number of nitrogens with one attached hydrogen (secondary N) is 1. The third kappa shape index (κ3) is 4.77. The number of rotatable bonds is 6. The van der Waals surface area contributed by atoms with Crippen LogP contribution in [0.3, 0.4) is 0 Å². The molecule has 0 aromatic carbocycles. The Kier molecular flexibility index (Phi) is 5.48. The molecule has 0 spiro atoms. The first kappa shape index (κ1) is 14.0. The molecule has 1 heterocycles. The molecule has 0 fully saturated rings. The quantitative estimate of drug-likeness (QED) is 0.796. The Labute approximate surface area is 107 Å². The van der Waals surface area contributed by atoms with Crippen LogP contribution in [0, 0.1) is 5.92 Å². The number of alkyl halides is 1. The topological polar surface area (TPSA) is 46.9 Å². The van der Waals surface area contributed by atoms with Crippen molar-refractivity contribution in [2.75, 3.05) is 11.9 Å². The second-order valence-corrected chi connectivity index (χ2v) is 5.37. The van der Waals surface area contributed by atoms with Gasteiger partial charge in [0.05, 0.1) is 0 Å². The maximum absolute atomic E-state index is 12.0. The molecule has 0 aliphatic carbocycles. The lowest BCUT2D eigenvalue weighted by molar-refractivity contribution is 0.509. The molecule has 1 aromatic heterocycles. The lowest BCUT2D eigenvalue weighted by atomic mass is 10.2. The van der Waals surface area contributed by atoms with E-state index in [1.165, 1.54) is 0 Å². The van der Waals surface area contributed by atoms with E-state index in [0.717, 1.165) is 6.42 Å². The van der Waals surface area contributed by atoms with E-state index in [1.54, 1.807) is 17.0 Å². The summed E-state index contributed by atoms with van der Waals surface area (Å²) >= 11 is 5.84. The minimum Gasteiger partial charge on any atom is -0.365 e. The van der Waals surface area contributed by atoms with Gasteiger partial charge in [-0.25, -0.2) is 4.98 Å². The predicted molar refractivity (Wildman–Crippen MR) is 71.8 cm³/mol. The van der Waals surface area contributed by atoms with Crippen molar-refractivity contribution in [1.82, 2.24) is 9.55 Å². The highest BCUT2D eigenvalue weighted by Gasteiger charge is 2.05. The molecule has 1 unspecified atom stereocenters. The van der Waals surface area contributed by atoms with Gasteiger partial charge in [0.2, 0.25) is 0 Å². The molecule has 0 radical (unpaired) electrons.